The number of carbonyl (C=O) groups excluding carboxylic acids is 2. The predicted molar refractivity (Wildman–Crippen MR) is 238 cm³/mol. The van der Waals surface area contributed by atoms with Gasteiger partial charge in [0.25, 0.3) is 5.91 Å². The highest BCUT2D eigenvalue weighted by molar-refractivity contribution is 5.93. The molecule has 0 radical (unpaired) electrons. The molecule has 8 rings (SSSR count). The molecular formula is C51H54N4O7. The van der Waals surface area contributed by atoms with Gasteiger partial charge in [0.1, 0.15) is 11.4 Å². The van der Waals surface area contributed by atoms with Gasteiger partial charge in [-0.3, -0.25) is 19.5 Å². The fourth-order valence-electron chi connectivity index (χ4n) is 9.04. The zero-order valence-electron chi connectivity index (χ0n) is 34.9. The van der Waals surface area contributed by atoms with Gasteiger partial charge >= 0.3 is 5.97 Å². The molecule has 0 saturated carbocycles. The number of aromatic amines is 1. The molecule has 4 N–H and O–H groups in total. The second-order valence-corrected chi connectivity index (χ2v) is 16.9. The lowest BCUT2D eigenvalue weighted by Gasteiger charge is -2.33. The number of amides is 1. The summed E-state index contributed by atoms with van der Waals surface area (Å²) in [6.45, 7) is 4.21. The summed E-state index contributed by atoms with van der Waals surface area (Å²) >= 11 is 0. The molecule has 4 heterocycles. The number of piperidine rings is 2. The van der Waals surface area contributed by atoms with Crippen molar-refractivity contribution in [3.63, 3.8) is 0 Å². The Labute approximate surface area is 361 Å². The second-order valence-electron chi connectivity index (χ2n) is 16.9. The molecule has 4 aromatic carbocycles. The Kier molecular flexibility index (Phi) is 13.2. The SMILES string of the molecule is O=C(c1ccc(-c2cccc([C@](O)(C(=O)OCC3CCN(Cc4ccccc4)CC3)c3ccccc3)c2)cn1)N1CCC(CCC[C@H](O)c2ccc(O)c3[nH]c(=O)ccc23)CC1. The van der Waals surface area contributed by atoms with Crippen LogP contribution in [0.15, 0.2) is 132 Å². The van der Waals surface area contributed by atoms with Crippen LogP contribution in [0, 0.1) is 11.8 Å². The summed E-state index contributed by atoms with van der Waals surface area (Å²) in [7, 11) is 0. The van der Waals surface area contributed by atoms with E-state index in [2.05, 4.69) is 39.1 Å². The summed E-state index contributed by atoms with van der Waals surface area (Å²) in [5.74, 6) is -0.235. The third-order valence-corrected chi connectivity index (χ3v) is 12.7. The van der Waals surface area contributed by atoms with Crippen molar-refractivity contribution in [2.45, 2.75) is 63.2 Å². The van der Waals surface area contributed by atoms with Crippen molar-refractivity contribution in [3.05, 3.63) is 166 Å². The fraction of sp³-hybridized carbons (Fsp3) is 0.333. The Balaban J connectivity index is 0.851. The number of aliphatic hydroxyl groups excluding tert-OH is 1. The first-order valence-electron chi connectivity index (χ1n) is 21.8. The van der Waals surface area contributed by atoms with Gasteiger partial charge in [0.15, 0.2) is 0 Å². The largest absolute Gasteiger partial charge is 0.506 e. The summed E-state index contributed by atoms with van der Waals surface area (Å²) < 4.78 is 5.94. The first-order valence-corrected chi connectivity index (χ1v) is 21.8. The molecule has 62 heavy (non-hydrogen) atoms. The summed E-state index contributed by atoms with van der Waals surface area (Å²) in [6, 6.07) is 36.3. The number of ether oxygens (including phenoxy) is 1. The minimum absolute atomic E-state index is 0.0309. The fourth-order valence-corrected chi connectivity index (χ4v) is 9.04. The van der Waals surface area contributed by atoms with Crippen LogP contribution in [0.4, 0.5) is 0 Å². The number of hydrogen-bond acceptors (Lipinski definition) is 9. The van der Waals surface area contributed by atoms with Gasteiger partial charge in [-0.05, 0) is 104 Å². The van der Waals surface area contributed by atoms with E-state index in [4.69, 9.17) is 4.74 Å². The standard InChI is InChI=1S/C51H54N4O7/c56-45(42-18-21-46(57)48-43(42)19-22-47(58)53-48)16-7-11-35-25-29-55(30-26-35)49(59)44-20-17-39(32-52-44)38-12-8-15-41(31-38)51(61,40-13-5-2-6-14-40)50(60)62-34-37-23-27-54(28-24-37)33-36-9-3-1-4-10-36/h1-6,8-10,12-15,17-22,31-32,35,37,45,56-57,61H,7,11,16,23-30,33-34H2,(H,53,58)/t45-,51-/m0/s1. The molecule has 1 amide bonds. The van der Waals surface area contributed by atoms with Crippen molar-refractivity contribution in [2.75, 3.05) is 32.8 Å². The van der Waals surface area contributed by atoms with Crippen LogP contribution >= 0.6 is 0 Å². The maximum Gasteiger partial charge on any atom is 0.347 e. The third-order valence-electron chi connectivity index (χ3n) is 12.7. The van der Waals surface area contributed by atoms with Crippen LogP contribution in [-0.4, -0.2) is 79.7 Å². The molecule has 0 spiro atoms. The van der Waals surface area contributed by atoms with E-state index < -0.39 is 17.7 Å². The number of nitrogens with zero attached hydrogens (tertiary/aromatic N) is 3. The maximum absolute atomic E-state index is 14.0. The molecule has 0 aliphatic carbocycles. The van der Waals surface area contributed by atoms with E-state index in [9.17, 15) is 29.7 Å². The van der Waals surface area contributed by atoms with Gasteiger partial charge in [-0.25, -0.2) is 4.79 Å². The first kappa shape index (κ1) is 42.5. The lowest BCUT2D eigenvalue weighted by Crippen LogP contribution is -2.40. The predicted octanol–water partition coefficient (Wildman–Crippen LogP) is 7.74. The number of aliphatic hydroxyl groups is 2. The van der Waals surface area contributed by atoms with E-state index in [1.54, 1.807) is 66.9 Å². The highest BCUT2D eigenvalue weighted by Gasteiger charge is 2.42. The minimum atomic E-state index is -2.04. The molecule has 11 heteroatoms. The molecule has 0 bridgehead atoms. The lowest BCUT2D eigenvalue weighted by molar-refractivity contribution is -0.164. The summed E-state index contributed by atoms with van der Waals surface area (Å²) in [6.07, 6.45) is 6.72. The van der Waals surface area contributed by atoms with Gasteiger partial charge in [0, 0.05) is 48.4 Å². The van der Waals surface area contributed by atoms with Gasteiger partial charge in [-0.15, -0.1) is 0 Å². The lowest BCUT2D eigenvalue weighted by atomic mass is 9.85. The highest BCUT2D eigenvalue weighted by Crippen LogP contribution is 2.35. The molecule has 320 valence electrons. The molecule has 6 aromatic rings. The highest BCUT2D eigenvalue weighted by atomic mass is 16.5. The zero-order valence-corrected chi connectivity index (χ0v) is 34.9. The number of benzene rings is 4. The van der Waals surface area contributed by atoms with Crippen molar-refractivity contribution >= 4 is 22.8 Å². The number of aromatic hydroxyl groups is 1. The Hall–Kier alpha value is -6.14. The molecule has 2 saturated heterocycles. The number of likely N-dealkylation sites (tertiary alicyclic amines) is 2. The molecule has 2 aliphatic rings. The minimum Gasteiger partial charge on any atom is -0.506 e. The van der Waals surface area contributed by atoms with Crippen LogP contribution in [0.2, 0.25) is 0 Å². The average Bonchev–Trinajstić information content (AvgIpc) is 3.32. The van der Waals surface area contributed by atoms with E-state index in [1.165, 1.54) is 17.7 Å². The smallest absolute Gasteiger partial charge is 0.347 e. The normalized spacial score (nSPS) is 16.8. The van der Waals surface area contributed by atoms with Crippen LogP contribution in [0.1, 0.15) is 83.8 Å². The summed E-state index contributed by atoms with van der Waals surface area (Å²) in [4.78, 5) is 50.8. The number of hydrogen-bond donors (Lipinski definition) is 4. The van der Waals surface area contributed by atoms with Crippen molar-refractivity contribution in [2.24, 2.45) is 11.8 Å². The van der Waals surface area contributed by atoms with Crippen LogP contribution in [0.3, 0.4) is 0 Å². The Morgan fingerprint density at radius 1 is 0.790 bits per heavy atom. The van der Waals surface area contributed by atoms with E-state index in [0.29, 0.717) is 58.7 Å². The number of esters is 1. The van der Waals surface area contributed by atoms with Crippen molar-refractivity contribution in [1.29, 1.82) is 0 Å². The number of nitrogens with one attached hydrogen (secondary N) is 1. The van der Waals surface area contributed by atoms with Crippen LogP contribution in [0.5, 0.6) is 5.75 Å². The van der Waals surface area contributed by atoms with Gasteiger partial charge in [-0.1, -0.05) is 104 Å². The van der Waals surface area contributed by atoms with E-state index in [0.717, 1.165) is 69.3 Å². The number of rotatable bonds is 14. The Bertz CT molecular complexity index is 2510. The number of aromatic nitrogens is 2. The number of carbonyl (C=O) groups is 2. The molecule has 11 nitrogen and oxygen atoms in total. The number of pyridine rings is 2. The second kappa shape index (κ2) is 19.3. The molecule has 0 unspecified atom stereocenters. The quantitative estimate of drug-likeness (QED) is 0.0807. The van der Waals surface area contributed by atoms with E-state index in [1.807, 2.05) is 29.2 Å². The molecule has 2 aromatic heterocycles. The van der Waals surface area contributed by atoms with Gasteiger partial charge in [0.2, 0.25) is 11.2 Å². The topological polar surface area (TPSA) is 156 Å². The Morgan fingerprint density at radius 2 is 1.50 bits per heavy atom. The maximum atomic E-state index is 14.0. The first-order chi connectivity index (χ1) is 30.2. The van der Waals surface area contributed by atoms with Crippen LogP contribution in [0.25, 0.3) is 22.0 Å². The summed E-state index contributed by atoms with van der Waals surface area (Å²) in [5.41, 5.74) is 2.56. The molecule has 2 fully saturated rings. The Morgan fingerprint density at radius 3 is 2.23 bits per heavy atom. The number of phenols is 1. The van der Waals surface area contributed by atoms with Gasteiger partial charge < -0.3 is 29.9 Å². The number of phenolic OH excluding ortho intramolecular Hbond substituents is 1. The average molecular weight is 835 g/mol. The third kappa shape index (κ3) is 9.65. The van der Waals surface area contributed by atoms with Crippen molar-refractivity contribution in [1.82, 2.24) is 19.8 Å². The number of H-pyrrole nitrogens is 1. The van der Waals surface area contributed by atoms with E-state index in [-0.39, 0.29) is 29.7 Å². The van der Waals surface area contributed by atoms with Crippen LogP contribution < -0.4 is 5.56 Å². The molecule has 2 atom stereocenters. The molecule has 2 aliphatic heterocycles. The van der Waals surface area contributed by atoms with Gasteiger partial charge in [0.05, 0.1) is 18.2 Å². The zero-order chi connectivity index (χ0) is 43.1. The van der Waals surface area contributed by atoms with Crippen molar-refractivity contribution in [3.8, 4) is 16.9 Å². The van der Waals surface area contributed by atoms with Crippen LogP contribution in [-0.2, 0) is 21.7 Å². The van der Waals surface area contributed by atoms with Crippen molar-refractivity contribution < 1.29 is 29.6 Å². The summed E-state index contributed by atoms with van der Waals surface area (Å²) in [5, 5.41) is 34.1. The number of fused-ring (bicyclic) bond motifs is 1. The molecular weight excluding hydrogens is 781 g/mol. The van der Waals surface area contributed by atoms with E-state index >= 15 is 0 Å². The van der Waals surface area contributed by atoms with Gasteiger partial charge in [-0.2, -0.15) is 0 Å². The monoisotopic (exact) mass is 834 g/mol.